The summed E-state index contributed by atoms with van der Waals surface area (Å²) in [5, 5.41) is 0. The lowest BCUT2D eigenvalue weighted by atomic mass is 9.98. The van der Waals surface area contributed by atoms with E-state index in [-0.39, 0.29) is 0 Å². The van der Waals surface area contributed by atoms with E-state index in [0.29, 0.717) is 6.10 Å². The summed E-state index contributed by atoms with van der Waals surface area (Å²) in [7, 11) is 2.01. The zero-order valence-electron chi connectivity index (χ0n) is 13.7. The first-order valence-electron chi connectivity index (χ1n) is 7.99. The molecule has 0 unspecified atom stereocenters. The molecule has 1 fully saturated rings. The number of rotatable bonds is 5. The first-order chi connectivity index (χ1) is 10.1. The van der Waals surface area contributed by atoms with Crippen LogP contribution in [0, 0.1) is 13.8 Å². The van der Waals surface area contributed by atoms with Crippen molar-refractivity contribution in [2.24, 2.45) is 4.99 Å². The summed E-state index contributed by atoms with van der Waals surface area (Å²) in [6.07, 6.45) is 8.38. The molecule has 0 N–H and O–H groups in total. The molecule has 116 valence electrons. The Morgan fingerprint density at radius 1 is 1.33 bits per heavy atom. The van der Waals surface area contributed by atoms with Gasteiger partial charge >= 0.3 is 0 Å². The van der Waals surface area contributed by atoms with Crippen molar-refractivity contribution in [3.63, 3.8) is 0 Å². The van der Waals surface area contributed by atoms with Gasteiger partial charge in [0, 0.05) is 19.2 Å². The van der Waals surface area contributed by atoms with Crippen LogP contribution in [0.15, 0.2) is 11.1 Å². The molecular formula is C17H27N3O. The van der Waals surface area contributed by atoms with Crippen LogP contribution in [0.25, 0.3) is 0 Å². The Balaban J connectivity index is 2.10. The van der Waals surface area contributed by atoms with Crippen molar-refractivity contribution in [1.29, 1.82) is 0 Å². The lowest BCUT2D eigenvalue weighted by molar-refractivity contribution is 0.147. The number of pyridine rings is 1. The van der Waals surface area contributed by atoms with Crippen molar-refractivity contribution in [3.8, 4) is 5.88 Å². The molecule has 4 heteroatoms. The maximum absolute atomic E-state index is 6.10. The second-order valence-corrected chi connectivity index (χ2v) is 5.91. The van der Waals surface area contributed by atoms with Crippen LogP contribution in [0.2, 0.25) is 0 Å². The van der Waals surface area contributed by atoms with E-state index in [9.17, 15) is 0 Å². The molecular weight excluding hydrogens is 262 g/mol. The van der Waals surface area contributed by atoms with Gasteiger partial charge in [0.05, 0.1) is 17.7 Å². The molecule has 21 heavy (non-hydrogen) atoms. The van der Waals surface area contributed by atoms with Crippen LogP contribution in [0.1, 0.15) is 50.3 Å². The van der Waals surface area contributed by atoms with Gasteiger partial charge in [0.25, 0.3) is 0 Å². The Bertz CT molecular complexity index is 493. The van der Waals surface area contributed by atoms with Crippen LogP contribution in [-0.2, 0) is 0 Å². The summed E-state index contributed by atoms with van der Waals surface area (Å²) in [5.74, 6) is 0.780. The molecule has 4 nitrogen and oxygen atoms in total. The summed E-state index contributed by atoms with van der Waals surface area (Å²) in [5.41, 5.74) is 2.91. The maximum Gasteiger partial charge on any atom is 0.216 e. The van der Waals surface area contributed by atoms with Crippen molar-refractivity contribution < 1.29 is 4.74 Å². The summed E-state index contributed by atoms with van der Waals surface area (Å²) < 4.78 is 6.10. The monoisotopic (exact) mass is 289 g/mol. The minimum Gasteiger partial charge on any atom is -0.474 e. The highest BCUT2D eigenvalue weighted by molar-refractivity contribution is 5.62. The highest BCUT2D eigenvalue weighted by Crippen LogP contribution is 2.28. The van der Waals surface area contributed by atoms with E-state index in [1.807, 2.05) is 32.1 Å². The lowest BCUT2D eigenvalue weighted by Gasteiger charge is -2.23. The van der Waals surface area contributed by atoms with Crippen LogP contribution >= 0.6 is 0 Å². The van der Waals surface area contributed by atoms with Gasteiger partial charge in [-0.05, 0) is 52.5 Å². The van der Waals surface area contributed by atoms with Gasteiger partial charge < -0.3 is 9.64 Å². The Kier molecular flexibility index (Phi) is 5.59. The maximum atomic E-state index is 6.10. The Hall–Kier alpha value is -1.58. The second kappa shape index (κ2) is 7.43. The normalized spacial score (nSPS) is 16.4. The molecule has 0 spiro atoms. The predicted molar refractivity (Wildman–Crippen MR) is 87.7 cm³/mol. The third-order valence-corrected chi connectivity index (χ3v) is 4.05. The van der Waals surface area contributed by atoms with Crippen molar-refractivity contribution >= 4 is 12.0 Å². The van der Waals surface area contributed by atoms with Gasteiger partial charge in [-0.15, -0.1) is 0 Å². The van der Waals surface area contributed by atoms with E-state index in [0.717, 1.165) is 42.2 Å². The Labute approximate surface area is 128 Å². The largest absolute Gasteiger partial charge is 0.474 e. The van der Waals surface area contributed by atoms with E-state index < -0.39 is 0 Å². The van der Waals surface area contributed by atoms with Gasteiger partial charge in [-0.25, -0.2) is 9.98 Å². The molecule has 0 amide bonds. The fraction of sp³-hybridized carbons (Fsp3) is 0.647. The highest BCUT2D eigenvalue weighted by atomic mass is 16.5. The molecule has 0 bridgehead atoms. The van der Waals surface area contributed by atoms with Crippen LogP contribution in [0.5, 0.6) is 5.88 Å². The third-order valence-electron chi connectivity index (χ3n) is 4.05. The number of hydrogen-bond donors (Lipinski definition) is 0. The van der Waals surface area contributed by atoms with Crippen LogP contribution in [0.4, 0.5) is 5.69 Å². The zero-order chi connectivity index (χ0) is 15.2. The molecule has 1 aromatic rings. The highest BCUT2D eigenvalue weighted by Gasteiger charge is 2.17. The molecule has 0 radical (unpaired) electrons. The number of hydrogen-bond acceptors (Lipinski definition) is 3. The van der Waals surface area contributed by atoms with Crippen molar-refractivity contribution in [2.75, 3.05) is 13.6 Å². The average Bonchev–Trinajstić information content (AvgIpc) is 2.50. The number of aryl methyl sites for hydroxylation is 2. The fourth-order valence-electron chi connectivity index (χ4n) is 2.50. The number of ether oxygens (including phenoxy) is 1. The van der Waals surface area contributed by atoms with E-state index in [4.69, 9.17) is 4.74 Å². The molecule has 0 saturated heterocycles. The molecule has 2 rings (SSSR count). The van der Waals surface area contributed by atoms with Crippen molar-refractivity contribution in [3.05, 3.63) is 17.3 Å². The lowest BCUT2D eigenvalue weighted by Crippen LogP contribution is -2.20. The predicted octanol–water partition coefficient (Wildman–Crippen LogP) is 4.02. The van der Waals surface area contributed by atoms with Gasteiger partial charge in [0.1, 0.15) is 6.10 Å². The number of aromatic nitrogens is 1. The summed E-state index contributed by atoms with van der Waals surface area (Å²) in [6.45, 7) is 7.08. The fourth-order valence-corrected chi connectivity index (χ4v) is 2.50. The van der Waals surface area contributed by atoms with E-state index in [1.54, 1.807) is 0 Å². The molecule has 1 aliphatic rings. The number of nitrogens with zero attached hydrogens (tertiary/aromatic N) is 3. The smallest absolute Gasteiger partial charge is 0.216 e. The second-order valence-electron chi connectivity index (χ2n) is 5.91. The first-order valence-corrected chi connectivity index (χ1v) is 7.99. The van der Waals surface area contributed by atoms with Crippen molar-refractivity contribution in [2.45, 2.75) is 59.0 Å². The molecule has 1 aliphatic carbocycles. The van der Waals surface area contributed by atoms with E-state index in [1.165, 1.54) is 19.3 Å². The topological polar surface area (TPSA) is 37.7 Å². The van der Waals surface area contributed by atoms with Crippen molar-refractivity contribution in [1.82, 2.24) is 9.88 Å². The third kappa shape index (κ3) is 4.45. The molecule has 1 saturated carbocycles. The molecule has 0 atom stereocenters. The van der Waals surface area contributed by atoms with Crippen LogP contribution < -0.4 is 4.74 Å². The quantitative estimate of drug-likeness (QED) is 0.607. The van der Waals surface area contributed by atoms with Crippen LogP contribution in [0.3, 0.4) is 0 Å². The minimum atomic E-state index is 0.338. The Morgan fingerprint density at radius 3 is 2.71 bits per heavy atom. The first kappa shape index (κ1) is 15.8. The van der Waals surface area contributed by atoms with E-state index in [2.05, 4.69) is 23.0 Å². The molecule has 1 heterocycles. The van der Waals surface area contributed by atoms with E-state index >= 15 is 0 Å². The zero-order valence-corrected chi connectivity index (χ0v) is 13.7. The summed E-state index contributed by atoms with van der Waals surface area (Å²) in [4.78, 5) is 11.2. The van der Waals surface area contributed by atoms with Gasteiger partial charge in [-0.2, -0.15) is 0 Å². The number of aliphatic imine (C=N–C) groups is 1. The van der Waals surface area contributed by atoms with Gasteiger partial charge in [0.15, 0.2) is 0 Å². The minimum absolute atomic E-state index is 0.338. The molecule has 1 aromatic heterocycles. The van der Waals surface area contributed by atoms with Gasteiger partial charge in [-0.3, -0.25) is 0 Å². The SMILES string of the molecule is CCN(C)/C=N/c1cc(C)c(OC2CCCCC2)nc1C. The van der Waals surface area contributed by atoms with Crippen LogP contribution in [-0.4, -0.2) is 35.9 Å². The molecule has 0 aliphatic heterocycles. The molecule has 0 aromatic carbocycles. The standard InChI is InChI=1S/C17H27N3O/c1-5-20(4)12-18-16-11-13(2)17(19-14(16)3)21-15-9-7-6-8-10-15/h11-12,15H,5-10H2,1-4H3/b18-12+. The van der Waals surface area contributed by atoms with Gasteiger partial charge in [-0.1, -0.05) is 6.42 Å². The average molecular weight is 289 g/mol. The summed E-state index contributed by atoms with van der Waals surface area (Å²) in [6, 6.07) is 2.07. The Morgan fingerprint density at radius 2 is 2.05 bits per heavy atom. The summed E-state index contributed by atoms with van der Waals surface area (Å²) >= 11 is 0. The van der Waals surface area contributed by atoms with Gasteiger partial charge in [0.2, 0.25) is 5.88 Å².